The first kappa shape index (κ1) is 15.7. The average molecular weight is 288 g/mol. The van der Waals surface area contributed by atoms with E-state index in [1.165, 1.54) is 64.2 Å². The van der Waals surface area contributed by atoms with Crippen LogP contribution in [-0.2, 0) is 12.8 Å². The van der Waals surface area contributed by atoms with E-state index in [1.54, 1.807) is 15.7 Å². The van der Waals surface area contributed by atoms with Crippen molar-refractivity contribution in [1.29, 1.82) is 0 Å². The summed E-state index contributed by atoms with van der Waals surface area (Å²) in [6.45, 7) is 4.60. The first-order valence-electron chi connectivity index (χ1n) is 7.27. The lowest BCUT2D eigenvalue weighted by Gasteiger charge is -2.03. The van der Waals surface area contributed by atoms with E-state index in [0.717, 1.165) is 7.55 Å². The molecule has 0 nitrogen and oxygen atoms in total. The van der Waals surface area contributed by atoms with Gasteiger partial charge in [0.05, 0.1) is 0 Å². The van der Waals surface area contributed by atoms with Crippen molar-refractivity contribution in [2.45, 2.75) is 78.1 Å². The van der Waals surface area contributed by atoms with Crippen molar-refractivity contribution in [3.8, 4) is 0 Å². The van der Waals surface area contributed by atoms with E-state index in [0.29, 0.717) is 0 Å². The Balaban J connectivity index is 2.22. The van der Waals surface area contributed by atoms with Crippen LogP contribution in [0.1, 0.15) is 75.8 Å². The lowest BCUT2D eigenvalue weighted by atomic mass is 10.1. The summed E-state index contributed by atoms with van der Waals surface area (Å²) in [5.74, 6) is 0. The molecule has 0 radical (unpaired) electrons. The Hall–Kier alpha value is 0.640. The molecular formula is C14H27P3. The van der Waals surface area contributed by atoms with E-state index in [9.17, 15) is 0 Å². The van der Waals surface area contributed by atoms with Crippen molar-refractivity contribution in [1.82, 2.24) is 0 Å². The molecule has 0 atom stereocenters. The van der Waals surface area contributed by atoms with Gasteiger partial charge in [-0.3, -0.25) is 0 Å². The second-order valence-electron chi connectivity index (χ2n) is 4.84. The minimum Gasteiger partial charge on any atom is -0.0813 e. The zero-order valence-electron chi connectivity index (χ0n) is 11.5. The van der Waals surface area contributed by atoms with Crippen molar-refractivity contribution >= 4 is 23.3 Å². The summed E-state index contributed by atoms with van der Waals surface area (Å²) < 4.78 is 0. The molecule has 0 amide bonds. The highest BCUT2D eigenvalue weighted by atomic mass is 32.1. The molecule has 1 aromatic heterocycles. The monoisotopic (exact) mass is 288 g/mol. The van der Waals surface area contributed by atoms with Crippen LogP contribution in [0.3, 0.4) is 0 Å². The molecule has 17 heavy (non-hydrogen) atoms. The topological polar surface area (TPSA) is 0 Å². The Labute approximate surface area is 112 Å². The molecule has 0 aliphatic rings. The number of hydrogen-bond acceptors (Lipinski definition) is 0. The van der Waals surface area contributed by atoms with Crippen LogP contribution in [0.2, 0.25) is 0 Å². The Morgan fingerprint density at radius 1 is 0.706 bits per heavy atom. The van der Waals surface area contributed by atoms with Crippen molar-refractivity contribution in [2.24, 2.45) is 0 Å². The molecule has 0 unspecified atom stereocenters. The van der Waals surface area contributed by atoms with Crippen molar-refractivity contribution in [2.75, 3.05) is 0 Å². The molecule has 0 bridgehead atoms. The largest absolute Gasteiger partial charge is 0.0813 e. The first-order chi connectivity index (χ1) is 8.38. The van der Waals surface area contributed by atoms with Gasteiger partial charge in [-0.25, -0.2) is 0 Å². The zero-order chi connectivity index (χ0) is 12.3. The third kappa shape index (κ3) is 6.96. The van der Waals surface area contributed by atoms with Gasteiger partial charge < -0.3 is 0 Å². The summed E-state index contributed by atoms with van der Waals surface area (Å²) in [4.78, 5) is 0. The molecule has 0 aromatic carbocycles. The van der Waals surface area contributed by atoms with Crippen LogP contribution in [0.15, 0.2) is 0 Å². The fourth-order valence-electron chi connectivity index (χ4n) is 2.11. The normalized spacial score (nSPS) is 12.4. The van der Waals surface area contributed by atoms with Crippen LogP contribution in [0, 0.1) is 0 Å². The van der Waals surface area contributed by atoms with E-state index < -0.39 is 0 Å². The minimum atomic E-state index is 1.16. The maximum atomic E-state index is 2.30. The number of unbranched alkanes of at least 4 members (excludes halogenated alkanes) is 6. The summed E-state index contributed by atoms with van der Waals surface area (Å²) in [6, 6.07) is 0. The maximum Gasteiger partial charge on any atom is -0.00855 e. The number of aryl methyl sites for hydroxylation is 2. The molecule has 1 heterocycles. The van der Waals surface area contributed by atoms with E-state index in [2.05, 4.69) is 13.8 Å². The summed E-state index contributed by atoms with van der Waals surface area (Å²) in [6.07, 6.45) is 14.2. The number of hydrogen-bond donors (Lipinski definition) is 0. The lowest BCUT2D eigenvalue weighted by molar-refractivity contribution is 0.657. The van der Waals surface area contributed by atoms with Crippen LogP contribution in [0.5, 0.6) is 0 Å². The predicted octanol–water partition coefficient (Wildman–Crippen LogP) is 7.12. The van der Waals surface area contributed by atoms with Crippen LogP contribution in [0.4, 0.5) is 0 Å². The summed E-state index contributed by atoms with van der Waals surface area (Å²) in [5, 5.41) is 3.66. The molecular weight excluding hydrogens is 261 g/mol. The van der Waals surface area contributed by atoms with Gasteiger partial charge in [0.25, 0.3) is 0 Å². The molecule has 0 spiro atoms. The fraction of sp³-hybridized carbons (Fsp3) is 0.857. The zero-order valence-corrected chi connectivity index (χ0v) is 14.3. The quantitative estimate of drug-likeness (QED) is 0.402. The van der Waals surface area contributed by atoms with E-state index in [1.807, 2.05) is 10.6 Å². The van der Waals surface area contributed by atoms with Crippen LogP contribution in [-0.4, -0.2) is 0 Å². The minimum absolute atomic E-state index is 1.16. The third-order valence-corrected chi connectivity index (χ3v) is 9.16. The second kappa shape index (κ2) is 10.6. The van der Waals surface area contributed by atoms with Gasteiger partial charge in [0.2, 0.25) is 0 Å². The van der Waals surface area contributed by atoms with Crippen LogP contribution >= 0.6 is 23.3 Å². The van der Waals surface area contributed by atoms with Crippen molar-refractivity contribution in [3.63, 3.8) is 0 Å². The van der Waals surface area contributed by atoms with Gasteiger partial charge >= 0.3 is 0 Å². The van der Waals surface area contributed by atoms with Gasteiger partial charge in [0.1, 0.15) is 0 Å². The Bertz CT molecular complexity index is 254. The SMILES string of the molecule is CCCCCCc1p[pH]pc1CCCCCC. The summed E-state index contributed by atoms with van der Waals surface area (Å²) in [5.41, 5.74) is 0. The molecule has 0 saturated carbocycles. The van der Waals surface area contributed by atoms with Gasteiger partial charge in [0, 0.05) is 0 Å². The number of rotatable bonds is 10. The predicted molar refractivity (Wildman–Crippen MR) is 86.7 cm³/mol. The van der Waals surface area contributed by atoms with E-state index >= 15 is 0 Å². The lowest BCUT2D eigenvalue weighted by Crippen LogP contribution is -1.88. The molecule has 0 saturated heterocycles. The third-order valence-electron chi connectivity index (χ3n) is 3.24. The highest BCUT2D eigenvalue weighted by Crippen LogP contribution is 2.43. The Morgan fingerprint density at radius 3 is 1.59 bits per heavy atom. The molecule has 0 aliphatic heterocycles. The van der Waals surface area contributed by atoms with Crippen molar-refractivity contribution in [3.05, 3.63) is 10.6 Å². The van der Waals surface area contributed by atoms with Crippen LogP contribution in [0.25, 0.3) is 0 Å². The summed E-state index contributed by atoms with van der Waals surface area (Å²) in [7, 11) is 4.53. The molecule has 0 aliphatic carbocycles. The Morgan fingerprint density at radius 2 is 1.18 bits per heavy atom. The molecule has 0 N–H and O–H groups in total. The fourth-order valence-corrected chi connectivity index (χ4v) is 9.27. The highest BCUT2D eigenvalue weighted by molar-refractivity contribution is 8.17. The molecule has 1 aromatic rings. The maximum absolute atomic E-state index is 2.30. The van der Waals surface area contributed by atoms with Gasteiger partial charge in [-0.2, -0.15) is 0 Å². The molecule has 0 fully saturated rings. The molecule has 3 heteroatoms. The standard InChI is InChI=1S/C14H27P3/c1-3-5-7-9-11-13-14(16-17-15-13)12-10-8-6-4-2/h17H,3-12H2,1-2H3. The summed E-state index contributed by atoms with van der Waals surface area (Å²) >= 11 is 0. The van der Waals surface area contributed by atoms with Gasteiger partial charge in [-0.1, -0.05) is 59.9 Å². The smallest absolute Gasteiger partial charge is 0.00855 e. The Kier molecular flexibility index (Phi) is 9.74. The highest BCUT2D eigenvalue weighted by Gasteiger charge is 2.04. The average Bonchev–Trinajstić information content (AvgIpc) is 2.78. The first-order valence-corrected chi connectivity index (χ1v) is 11.7. The van der Waals surface area contributed by atoms with E-state index in [4.69, 9.17) is 0 Å². The molecule has 1 rings (SSSR count). The van der Waals surface area contributed by atoms with E-state index in [-0.39, 0.29) is 0 Å². The van der Waals surface area contributed by atoms with Gasteiger partial charge in [0.15, 0.2) is 0 Å². The van der Waals surface area contributed by atoms with Gasteiger partial charge in [-0.05, 0) is 52.0 Å². The van der Waals surface area contributed by atoms with Gasteiger partial charge in [-0.15, -0.1) is 0 Å². The van der Waals surface area contributed by atoms with Crippen molar-refractivity contribution < 1.29 is 0 Å². The molecule has 98 valence electrons. The second-order valence-corrected chi connectivity index (χ2v) is 10.3. The van der Waals surface area contributed by atoms with Crippen LogP contribution < -0.4 is 0 Å².